The lowest BCUT2D eigenvalue weighted by Crippen LogP contribution is -2.56. The average molecular weight is 360 g/mol. The van der Waals surface area contributed by atoms with Crippen molar-refractivity contribution in [3.8, 4) is 0 Å². The van der Waals surface area contributed by atoms with Crippen molar-refractivity contribution >= 4 is 27.5 Å². The van der Waals surface area contributed by atoms with E-state index in [-0.39, 0.29) is 0 Å². The van der Waals surface area contributed by atoms with E-state index in [2.05, 4.69) is 59.1 Å². The van der Waals surface area contributed by atoms with Crippen molar-refractivity contribution in [1.82, 2.24) is 10.2 Å². The van der Waals surface area contributed by atoms with Crippen molar-refractivity contribution in [3.05, 3.63) is 33.3 Å². The quantitative estimate of drug-likeness (QED) is 0.861. The van der Waals surface area contributed by atoms with Gasteiger partial charge in [0.1, 0.15) is 0 Å². The number of rotatable bonds is 4. The van der Waals surface area contributed by atoms with Crippen LogP contribution in [-0.4, -0.2) is 30.1 Å². The molecule has 0 amide bonds. The fourth-order valence-electron chi connectivity index (χ4n) is 2.70. The zero-order chi connectivity index (χ0) is 14.7. The molecule has 0 radical (unpaired) electrons. The molecule has 0 aromatic heterocycles. The summed E-state index contributed by atoms with van der Waals surface area (Å²) >= 11 is 9.81. The van der Waals surface area contributed by atoms with Gasteiger partial charge in [-0.2, -0.15) is 0 Å². The standard InChI is InChI=1S/C16H24BrClN2/c1-4-11(2)16-10-20(12(3)8-19-16)9-13-5-6-14(17)7-15(13)18/h5-7,11-12,16,19H,4,8-10H2,1-3H3. The van der Waals surface area contributed by atoms with Crippen molar-refractivity contribution in [1.29, 1.82) is 0 Å². The van der Waals surface area contributed by atoms with Crippen LogP contribution >= 0.6 is 27.5 Å². The van der Waals surface area contributed by atoms with Crippen molar-refractivity contribution < 1.29 is 0 Å². The number of nitrogens with one attached hydrogen (secondary N) is 1. The first-order chi connectivity index (χ1) is 9.51. The van der Waals surface area contributed by atoms with Gasteiger partial charge in [0, 0.05) is 41.2 Å². The summed E-state index contributed by atoms with van der Waals surface area (Å²) < 4.78 is 1.04. The SMILES string of the molecule is CCC(C)C1CN(Cc2ccc(Br)cc2Cl)C(C)CN1. The van der Waals surface area contributed by atoms with Gasteiger partial charge in [0.05, 0.1) is 0 Å². The summed E-state index contributed by atoms with van der Waals surface area (Å²) in [6, 6.07) is 7.32. The molecule has 1 heterocycles. The maximum Gasteiger partial charge on any atom is 0.0462 e. The van der Waals surface area contributed by atoms with Crippen LogP contribution in [0.1, 0.15) is 32.8 Å². The second kappa shape index (κ2) is 7.26. The Morgan fingerprint density at radius 3 is 2.90 bits per heavy atom. The molecule has 112 valence electrons. The molecule has 0 saturated carbocycles. The lowest BCUT2D eigenvalue weighted by molar-refractivity contribution is 0.112. The van der Waals surface area contributed by atoms with E-state index >= 15 is 0 Å². The summed E-state index contributed by atoms with van der Waals surface area (Å²) in [5.74, 6) is 0.713. The summed E-state index contributed by atoms with van der Waals surface area (Å²) in [6.45, 7) is 9.97. The molecule has 3 unspecified atom stereocenters. The van der Waals surface area contributed by atoms with Gasteiger partial charge >= 0.3 is 0 Å². The second-order valence-corrected chi connectivity index (χ2v) is 7.24. The van der Waals surface area contributed by atoms with E-state index in [9.17, 15) is 0 Å². The summed E-state index contributed by atoms with van der Waals surface area (Å²) in [4.78, 5) is 2.54. The van der Waals surface area contributed by atoms with Crippen LogP contribution in [0.4, 0.5) is 0 Å². The molecule has 1 aliphatic rings. The number of hydrogen-bond donors (Lipinski definition) is 1. The zero-order valence-corrected chi connectivity index (χ0v) is 14.8. The minimum absolute atomic E-state index is 0.551. The second-order valence-electron chi connectivity index (χ2n) is 5.91. The number of benzene rings is 1. The van der Waals surface area contributed by atoms with Gasteiger partial charge in [-0.15, -0.1) is 0 Å². The molecule has 0 bridgehead atoms. The fraction of sp³-hybridized carbons (Fsp3) is 0.625. The van der Waals surface area contributed by atoms with Crippen molar-refractivity contribution in [2.75, 3.05) is 13.1 Å². The Kier molecular flexibility index (Phi) is 5.91. The van der Waals surface area contributed by atoms with Crippen LogP contribution in [0.15, 0.2) is 22.7 Å². The fourth-order valence-corrected chi connectivity index (χ4v) is 3.44. The number of nitrogens with zero attached hydrogens (tertiary/aromatic N) is 1. The van der Waals surface area contributed by atoms with E-state index in [1.54, 1.807) is 0 Å². The number of halogens is 2. The first-order valence-electron chi connectivity index (χ1n) is 7.42. The molecule has 1 saturated heterocycles. The molecule has 1 aromatic carbocycles. The van der Waals surface area contributed by atoms with Gasteiger partial charge in [0.15, 0.2) is 0 Å². The lowest BCUT2D eigenvalue weighted by Gasteiger charge is -2.41. The smallest absolute Gasteiger partial charge is 0.0462 e. The van der Waals surface area contributed by atoms with Crippen LogP contribution in [-0.2, 0) is 6.54 Å². The number of piperazine rings is 1. The van der Waals surface area contributed by atoms with E-state index in [4.69, 9.17) is 11.6 Å². The molecule has 2 nitrogen and oxygen atoms in total. The van der Waals surface area contributed by atoms with Crippen LogP contribution in [0, 0.1) is 5.92 Å². The Balaban J connectivity index is 2.06. The van der Waals surface area contributed by atoms with Gasteiger partial charge < -0.3 is 5.32 Å². The lowest BCUT2D eigenvalue weighted by atomic mass is 9.95. The molecule has 4 heteroatoms. The van der Waals surface area contributed by atoms with Gasteiger partial charge in [-0.1, -0.05) is 53.9 Å². The largest absolute Gasteiger partial charge is 0.311 e. The molecule has 20 heavy (non-hydrogen) atoms. The van der Waals surface area contributed by atoms with E-state index in [1.165, 1.54) is 12.0 Å². The third kappa shape index (κ3) is 3.97. The Labute approximate surface area is 136 Å². The summed E-state index contributed by atoms with van der Waals surface area (Å²) in [6.07, 6.45) is 1.22. The molecule has 3 atom stereocenters. The van der Waals surface area contributed by atoms with E-state index in [0.29, 0.717) is 18.0 Å². The summed E-state index contributed by atoms with van der Waals surface area (Å²) in [7, 11) is 0. The zero-order valence-electron chi connectivity index (χ0n) is 12.5. The van der Waals surface area contributed by atoms with Gasteiger partial charge in [-0.3, -0.25) is 4.90 Å². The molecule has 1 N–H and O–H groups in total. The predicted molar refractivity (Wildman–Crippen MR) is 90.3 cm³/mol. The van der Waals surface area contributed by atoms with Crippen LogP contribution < -0.4 is 5.32 Å². The number of hydrogen-bond acceptors (Lipinski definition) is 2. The van der Waals surface area contributed by atoms with E-state index in [0.717, 1.165) is 29.1 Å². The van der Waals surface area contributed by atoms with E-state index < -0.39 is 0 Å². The maximum atomic E-state index is 6.35. The van der Waals surface area contributed by atoms with Gasteiger partial charge in [-0.05, 0) is 30.5 Å². The minimum atomic E-state index is 0.551. The highest BCUT2D eigenvalue weighted by molar-refractivity contribution is 9.10. The van der Waals surface area contributed by atoms with Gasteiger partial charge in [0.2, 0.25) is 0 Å². The highest BCUT2D eigenvalue weighted by Gasteiger charge is 2.27. The third-order valence-corrected chi connectivity index (χ3v) is 5.29. The molecule has 2 rings (SSSR count). The third-order valence-electron chi connectivity index (χ3n) is 4.45. The molecule has 0 spiro atoms. The molecule has 1 fully saturated rings. The molecular weight excluding hydrogens is 336 g/mol. The Morgan fingerprint density at radius 2 is 2.25 bits per heavy atom. The summed E-state index contributed by atoms with van der Waals surface area (Å²) in [5.41, 5.74) is 1.21. The monoisotopic (exact) mass is 358 g/mol. The minimum Gasteiger partial charge on any atom is -0.311 e. The summed E-state index contributed by atoms with van der Waals surface area (Å²) in [5, 5.41) is 4.53. The first kappa shape index (κ1) is 16.3. The van der Waals surface area contributed by atoms with Crippen LogP contribution in [0.3, 0.4) is 0 Å². The van der Waals surface area contributed by atoms with Crippen LogP contribution in [0.5, 0.6) is 0 Å². The highest BCUT2D eigenvalue weighted by atomic mass is 79.9. The Hall–Kier alpha value is -0.0900. The normalized spacial score (nSPS) is 25.6. The van der Waals surface area contributed by atoms with Crippen LogP contribution in [0.2, 0.25) is 5.02 Å². The van der Waals surface area contributed by atoms with Crippen molar-refractivity contribution in [2.45, 2.75) is 45.8 Å². The van der Waals surface area contributed by atoms with Crippen LogP contribution in [0.25, 0.3) is 0 Å². The predicted octanol–water partition coefficient (Wildman–Crippen LogP) is 4.31. The van der Waals surface area contributed by atoms with Crippen molar-refractivity contribution in [3.63, 3.8) is 0 Å². The topological polar surface area (TPSA) is 15.3 Å². The molecule has 1 aliphatic heterocycles. The first-order valence-corrected chi connectivity index (χ1v) is 8.59. The Bertz CT molecular complexity index is 452. The Morgan fingerprint density at radius 1 is 1.50 bits per heavy atom. The molecule has 0 aliphatic carbocycles. The highest BCUT2D eigenvalue weighted by Crippen LogP contribution is 2.24. The molecule has 1 aromatic rings. The average Bonchev–Trinajstić information content (AvgIpc) is 2.43. The van der Waals surface area contributed by atoms with Crippen molar-refractivity contribution in [2.24, 2.45) is 5.92 Å². The van der Waals surface area contributed by atoms with Gasteiger partial charge in [0.25, 0.3) is 0 Å². The maximum absolute atomic E-state index is 6.35. The van der Waals surface area contributed by atoms with E-state index in [1.807, 2.05) is 6.07 Å². The molecular formula is C16H24BrClN2. The van der Waals surface area contributed by atoms with Gasteiger partial charge in [-0.25, -0.2) is 0 Å².